The summed E-state index contributed by atoms with van der Waals surface area (Å²) in [7, 11) is 2.19. The lowest BCUT2D eigenvalue weighted by molar-refractivity contribution is 0.148. The van der Waals surface area contributed by atoms with Crippen molar-refractivity contribution < 1.29 is 9.53 Å². The van der Waals surface area contributed by atoms with Crippen molar-refractivity contribution in [1.82, 2.24) is 20.1 Å². The van der Waals surface area contributed by atoms with Crippen LogP contribution >= 0.6 is 0 Å². The standard InChI is InChI=1S/C32H35N5O2/c1-36-17-19-37(20-18-36)23-27-8-2-3-9-29(27)30-10-4-5-11-31(30)39-24-25-12-14-28(15-13-25)35-32(38)34-22-26-7-6-16-33-21-26/h2-16,21H,17-20,22-24H2,1H3,(H2,34,35,38). The number of piperazine rings is 1. The van der Waals surface area contributed by atoms with Crippen molar-refractivity contribution in [2.45, 2.75) is 19.7 Å². The molecule has 2 N–H and O–H groups in total. The predicted octanol–water partition coefficient (Wildman–Crippen LogP) is 5.40. The molecule has 0 spiro atoms. The topological polar surface area (TPSA) is 69.7 Å². The van der Waals surface area contributed by atoms with Crippen molar-refractivity contribution in [2.75, 3.05) is 38.5 Å². The van der Waals surface area contributed by atoms with Crippen molar-refractivity contribution in [3.8, 4) is 16.9 Å². The molecule has 1 aliphatic rings. The lowest BCUT2D eigenvalue weighted by atomic mass is 9.98. The zero-order chi connectivity index (χ0) is 26.9. The Morgan fingerprint density at radius 2 is 1.59 bits per heavy atom. The number of urea groups is 1. The second kappa shape index (κ2) is 13.0. The van der Waals surface area contributed by atoms with Gasteiger partial charge in [0.05, 0.1) is 0 Å². The molecule has 2 heterocycles. The molecule has 3 aromatic carbocycles. The van der Waals surface area contributed by atoms with Crippen LogP contribution in [0.25, 0.3) is 11.1 Å². The number of hydrogen-bond donors (Lipinski definition) is 2. The first-order chi connectivity index (χ1) is 19.1. The number of ether oxygens (including phenoxy) is 1. The summed E-state index contributed by atoms with van der Waals surface area (Å²) in [6.45, 7) is 6.16. The van der Waals surface area contributed by atoms with E-state index in [4.69, 9.17) is 4.74 Å². The maximum atomic E-state index is 12.2. The number of amides is 2. The molecule has 0 unspecified atom stereocenters. The van der Waals surface area contributed by atoms with Crippen molar-refractivity contribution in [1.29, 1.82) is 0 Å². The smallest absolute Gasteiger partial charge is 0.319 e. The molecule has 0 saturated carbocycles. The predicted molar refractivity (Wildman–Crippen MR) is 156 cm³/mol. The molecule has 1 saturated heterocycles. The van der Waals surface area contributed by atoms with Gasteiger partial charge in [-0.1, -0.05) is 60.7 Å². The Hall–Kier alpha value is -4.20. The highest BCUT2D eigenvalue weighted by molar-refractivity contribution is 5.89. The number of aromatic nitrogens is 1. The van der Waals surface area contributed by atoms with Gasteiger partial charge >= 0.3 is 6.03 Å². The summed E-state index contributed by atoms with van der Waals surface area (Å²) in [6, 6.07) is 28.1. The average Bonchev–Trinajstić information content (AvgIpc) is 2.98. The highest BCUT2D eigenvalue weighted by atomic mass is 16.5. The Balaban J connectivity index is 1.19. The SMILES string of the molecule is CN1CCN(Cc2ccccc2-c2ccccc2OCc2ccc(NC(=O)NCc3cccnc3)cc2)CC1. The van der Waals surface area contributed by atoms with Crippen molar-refractivity contribution in [3.05, 3.63) is 114 Å². The number of anilines is 1. The van der Waals surface area contributed by atoms with Crippen LogP contribution in [0.2, 0.25) is 0 Å². The minimum Gasteiger partial charge on any atom is -0.488 e. The number of carbonyl (C=O) groups excluding carboxylic acids is 1. The Labute approximate surface area is 230 Å². The lowest BCUT2D eigenvalue weighted by Crippen LogP contribution is -2.43. The van der Waals surface area contributed by atoms with E-state index in [1.165, 1.54) is 11.1 Å². The van der Waals surface area contributed by atoms with Crippen LogP contribution in [-0.2, 0) is 19.7 Å². The zero-order valence-corrected chi connectivity index (χ0v) is 22.3. The summed E-state index contributed by atoms with van der Waals surface area (Å²) in [6.07, 6.45) is 3.45. The third kappa shape index (κ3) is 7.44. The van der Waals surface area contributed by atoms with E-state index in [0.717, 1.165) is 60.9 Å². The average molecular weight is 522 g/mol. The van der Waals surface area contributed by atoms with E-state index in [0.29, 0.717) is 13.2 Å². The van der Waals surface area contributed by atoms with Gasteiger partial charge in [-0.3, -0.25) is 9.88 Å². The number of nitrogens with zero attached hydrogens (tertiary/aromatic N) is 3. The van der Waals surface area contributed by atoms with Crippen LogP contribution in [-0.4, -0.2) is 54.0 Å². The molecule has 7 heteroatoms. The van der Waals surface area contributed by atoms with Gasteiger partial charge in [-0.05, 0) is 53.6 Å². The first kappa shape index (κ1) is 26.4. The molecule has 2 amide bonds. The fourth-order valence-electron chi connectivity index (χ4n) is 4.69. The third-order valence-electron chi connectivity index (χ3n) is 6.97. The zero-order valence-electron chi connectivity index (χ0n) is 22.3. The van der Waals surface area contributed by atoms with Gasteiger partial charge in [0.25, 0.3) is 0 Å². The normalized spacial score (nSPS) is 14.1. The van der Waals surface area contributed by atoms with Crippen LogP contribution in [0, 0.1) is 0 Å². The first-order valence-corrected chi connectivity index (χ1v) is 13.4. The minimum absolute atomic E-state index is 0.257. The fraction of sp³-hybridized carbons (Fsp3) is 0.250. The maximum Gasteiger partial charge on any atom is 0.319 e. The van der Waals surface area contributed by atoms with Gasteiger partial charge in [0.1, 0.15) is 12.4 Å². The van der Waals surface area contributed by atoms with E-state index in [1.54, 1.807) is 12.4 Å². The minimum atomic E-state index is -0.257. The molecule has 1 fully saturated rings. The van der Waals surface area contributed by atoms with Gasteiger partial charge in [-0.15, -0.1) is 0 Å². The number of nitrogens with one attached hydrogen (secondary N) is 2. The highest BCUT2D eigenvalue weighted by Gasteiger charge is 2.17. The van der Waals surface area contributed by atoms with E-state index in [1.807, 2.05) is 48.5 Å². The Bertz CT molecular complexity index is 1350. The number of pyridine rings is 1. The molecule has 5 rings (SSSR count). The summed E-state index contributed by atoms with van der Waals surface area (Å²) in [5.41, 5.74) is 6.32. The van der Waals surface area contributed by atoms with Gasteiger partial charge in [0, 0.05) is 62.9 Å². The van der Waals surface area contributed by atoms with Gasteiger partial charge in [-0.25, -0.2) is 4.79 Å². The summed E-state index contributed by atoms with van der Waals surface area (Å²) in [5, 5.41) is 5.71. The van der Waals surface area contributed by atoms with E-state index in [2.05, 4.69) is 68.9 Å². The molecule has 1 aliphatic heterocycles. The molecule has 0 bridgehead atoms. The largest absolute Gasteiger partial charge is 0.488 e. The number of para-hydroxylation sites is 1. The molecule has 0 aliphatic carbocycles. The van der Waals surface area contributed by atoms with Crippen molar-refractivity contribution in [3.63, 3.8) is 0 Å². The van der Waals surface area contributed by atoms with Crippen LogP contribution in [0.5, 0.6) is 5.75 Å². The molecule has 7 nitrogen and oxygen atoms in total. The quantitative estimate of drug-likeness (QED) is 0.309. The lowest BCUT2D eigenvalue weighted by Gasteiger charge is -2.32. The monoisotopic (exact) mass is 521 g/mol. The molecular weight excluding hydrogens is 486 g/mol. The summed E-state index contributed by atoms with van der Waals surface area (Å²) < 4.78 is 6.32. The second-order valence-corrected chi connectivity index (χ2v) is 9.89. The van der Waals surface area contributed by atoms with Gasteiger partial charge in [0.2, 0.25) is 0 Å². The van der Waals surface area contributed by atoms with Crippen molar-refractivity contribution in [2.24, 2.45) is 0 Å². The second-order valence-electron chi connectivity index (χ2n) is 9.89. The van der Waals surface area contributed by atoms with E-state index in [-0.39, 0.29) is 6.03 Å². The Morgan fingerprint density at radius 1 is 0.846 bits per heavy atom. The Kier molecular flexibility index (Phi) is 8.83. The first-order valence-electron chi connectivity index (χ1n) is 13.4. The van der Waals surface area contributed by atoms with E-state index < -0.39 is 0 Å². The van der Waals surface area contributed by atoms with Crippen LogP contribution in [0.1, 0.15) is 16.7 Å². The number of hydrogen-bond acceptors (Lipinski definition) is 5. The third-order valence-corrected chi connectivity index (χ3v) is 6.97. The number of likely N-dealkylation sites (N-methyl/N-ethyl adjacent to an activating group) is 1. The van der Waals surface area contributed by atoms with Crippen molar-refractivity contribution >= 4 is 11.7 Å². The summed E-state index contributed by atoms with van der Waals surface area (Å²) >= 11 is 0. The Morgan fingerprint density at radius 3 is 2.36 bits per heavy atom. The molecule has 200 valence electrons. The van der Waals surface area contributed by atoms with E-state index >= 15 is 0 Å². The number of rotatable bonds is 9. The van der Waals surface area contributed by atoms with E-state index in [9.17, 15) is 4.79 Å². The van der Waals surface area contributed by atoms with Gasteiger partial charge in [0.15, 0.2) is 0 Å². The molecule has 39 heavy (non-hydrogen) atoms. The molecular formula is C32H35N5O2. The number of carbonyl (C=O) groups is 1. The van der Waals surface area contributed by atoms with Crippen LogP contribution in [0.3, 0.4) is 0 Å². The van der Waals surface area contributed by atoms with Crippen LogP contribution in [0.4, 0.5) is 10.5 Å². The summed E-state index contributed by atoms with van der Waals surface area (Å²) in [5.74, 6) is 0.861. The van der Waals surface area contributed by atoms with Crippen LogP contribution < -0.4 is 15.4 Å². The molecule has 0 atom stereocenters. The molecule has 4 aromatic rings. The van der Waals surface area contributed by atoms with Gasteiger partial charge < -0.3 is 20.3 Å². The summed E-state index contributed by atoms with van der Waals surface area (Å²) in [4.78, 5) is 21.2. The fourth-order valence-corrected chi connectivity index (χ4v) is 4.69. The van der Waals surface area contributed by atoms with Crippen LogP contribution in [0.15, 0.2) is 97.3 Å². The van der Waals surface area contributed by atoms with Gasteiger partial charge in [-0.2, -0.15) is 0 Å². The number of benzene rings is 3. The molecule has 0 radical (unpaired) electrons. The molecule has 1 aromatic heterocycles. The maximum absolute atomic E-state index is 12.2. The highest BCUT2D eigenvalue weighted by Crippen LogP contribution is 2.33.